The third kappa shape index (κ3) is 4.72. The van der Waals surface area contributed by atoms with Gasteiger partial charge in [-0.3, -0.25) is 9.59 Å². The minimum Gasteiger partial charge on any atom is -0.539 e. The number of carbonyl (C=O) groups excluding carboxylic acids is 2. The van der Waals surface area contributed by atoms with E-state index in [1.165, 1.54) is 0 Å². The van der Waals surface area contributed by atoms with E-state index in [2.05, 4.69) is 26.2 Å². The number of hydrogen-bond acceptors (Lipinski definition) is 4. The fourth-order valence-electron chi connectivity index (χ4n) is 5.50. The van der Waals surface area contributed by atoms with Gasteiger partial charge in [0, 0.05) is 27.3 Å². The second-order valence-corrected chi connectivity index (χ2v) is 19.3. The van der Waals surface area contributed by atoms with Gasteiger partial charge in [0.25, 0.3) is 16.6 Å². The van der Waals surface area contributed by atoms with E-state index in [1.54, 1.807) is 24.3 Å². The van der Waals surface area contributed by atoms with Gasteiger partial charge in [-0.15, -0.1) is 0 Å². The first kappa shape index (κ1) is 27.2. The van der Waals surface area contributed by atoms with Crippen LogP contribution in [0.2, 0.25) is 31.2 Å². The molecule has 4 aromatic rings. The van der Waals surface area contributed by atoms with Crippen LogP contribution < -0.4 is 10.4 Å². The number of ketones is 2. The molecular weight excluding hydrogens is 564 g/mol. The summed E-state index contributed by atoms with van der Waals surface area (Å²) in [6, 6.07) is 32.6. The Kier molecular flexibility index (Phi) is 6.73. The van der Waals surface area contributed by atoms with Crippen LogP contribution in [0, 0.1) is 0 Å². The maximum absolute atomic E-state index is 14.4. The molecule has 0 spiro atoms. The molecule has 0 aliphatic heterocycles. The molecule has 0 saturated carbocycles. The van der Waals surface area contributed by atoms with E-state index >= 15 is 0 Å². The van der Waals surface area contributed by atoms with Gasteiger partial charge < -0.3 is 8.85 Å². The lowest BCUT2D eigenvalue weighted by atomic mass is 9.76. The molecule has 4 nitrogen and oxygen atoms in total. The van der Waals surface area contributed by atoms with Gasteiger partial charge in [0.15, 0.2) is 11.6 Å². The smallest absolute Gasteiger partial charge is 0.276 e. The van der Waals surface area contributed by atoms with Crippen LogP contribution in [0.3, 0.4) is 0 Å². The number of Topliss-reactive ketones (excluding diaryl/α,β-unsaturated/α-hetero) is 2. The molecule has 2 aliphatic rings. The number of rotatable bonds is 6. The van der Waals surface area contributed by atoms with Gasteiger partial charge in [0.05, 0.1) is 11.1 Å². The number of halogens is 1. The largest absolute Gasteiger partial charge is 0.539 e. The minimum atomic E-state index is -2.60. The van der Waals surface area contributed by atoms with Crippen molar-refractivity contribution in [2.24, 2.45) is 0 Å². The monoisotopic (exact) mass is 592 g/mol. The molecule has 6 rings (SSSR count). The minimum absolute atomic E-state index is 0.243. The summed E-state index contributed by atoms with van der Waals surface area (Å²) in [5.74, 6) is 0.293. The van der Waals surface area contributed by atoms with Gasteiger partial charge in [-0.1, -0.05) is 96.5 Å². The van der Waals surface area contributed by atoms with Crippen molar-refractivity contribution >= 4 is 61.7 Å². The zero-order chi connectivity index (χ0) is 28.9. The first-order chi connectivity index (χ1) is 19.6. The lowest BCUT2D eigenvalue weighted by Crippen LogP contribution is -2.46. The maximum Gasteiger partial charge on any atom is 0.276 e. The Morgan fingerprint density at radius 2 is 0.927 bits per heavy atom. The van der Waals surface area contributed by atoms with Crippen LogP contribution in [-0.4, -0.2) is 28.2 Å². The first-order valence-corrected chi connectivity index (χ1v) is 19.7. The highest BCUT2D eigenvalue weighted by molar-refractivity contribution is 6.85. The Hall–Kier alpha value is -3.98. The SMILES string of the molecule is C[Si](C)(OC1=C2C(=O)c3cc(Cl)ccc3C(O[Si](C)(C)c3ccccc3)=C2C(=O)c2ccccc21)c1ccccc1. The molecule has 0 bridgehead atoms. The van der Waals surface area contributed by atoms with Crippen LogP contribution in [0.25, 0.3) is 11.5 Å². The summed E-state index contributed by atoms with van der Waals surface area (Å²) in [4.78, 5) is 28.7. The van der Waals surface area contributed by atoms with Crippen LogP contribution in [0.4, 0.5) is 0 Å². The summed E-state index contributed by atoms with van der Waals surface area (Å²) in [5.41, 5.74) is 2.58. The van der Waals surface area contributed by atoms with E-state index in [0.717, 1.165) is 10.4 Å². The Labute approximate surface area is 247 Å². The summed E-state index contributed by atoms with van der Waals surface area (Å²) in [7, 11) is -5.19. The maximum atomic E-state index is 14.4. The fraction of sp³-hybridized carbons (Fsp3) is 0.118. The molecule has 41 heavy (non-hydrogen) atoms. The molecule has 0 radical (unpaired) electrons. The second kappa shape index (κ2) is 10.1. The molecule has 0 fully saturated rings. The van der Waals surface area contributed by atoms with Crippen molar-refractivity contribution in [3.05, 3.63) is 142 Å². The van der Waals surface area contributed by atoms with Gasteiger partial charge in [-0.2, -0.15) is 0 Å². The number of allylic oxidation sites excluding steroid dienone is 2. The number of benzene rings is 4. The zero-order valence-electron chi connectivity index (χ0n) is 23.3. The van der Waals surface area contributed by atoms with Gasteiger partial charge in [0.2, 0.25) is 0 Å². The van der Waals surface area contributed by atoms with Crippen molar-refractivity contribution in [3.8, 4) is 0 Å². The molecule has 0 saturated heterocycles. The molecule has 0 N–H and O–H groups in total. The van der Waals surface area contributed by atoms with Crippen molar-refractivity contribution in [3.63, 3.8) is 0 Å². The highest BCUT2D eigenvalue weighted by Crippen LogP contribution is 2.46. The van der Waals surface area contributed by atoms with Gasteiger partial charge >= 0.3 is 0 Å². The van der Waals surface area contributed by atoms with E-state index < -0.39 is 16.6 Å². The number of hydrogen-bond donors (Lipinski definition) is 0. The Bertz CT molecular complexity index is 1770. The van der Waals surface area contributed by atoms with Crippen molar-refractivity contribution in [2.45, 2.75) is 26.2 Å². The molecule has 0 unspecified atom stereocenters. The zero-order valence-corrected chi connectivity index (χ0v) is 26.1. The first-order valence-electron chi connectivity index (χ1n) is 13.6. The van der Waals surface area contributed by atoms with E-state index in [-0.39, 0.29) is 22.7 Å². The van der Waals surface area contributed by atoms with Crippen LogP contribution in [0.5, 0.6) is 0 Å². The quantitative estimate of drug-likeness (QED) is 0.224. The molecule has 4 aromatic carbocycles. The van der Waals surface area contributed by atoms with Crippen molar-refractivity contribution in [2.75, 3.05) is 0 Å². The third-order valence-corrected chi connectivity index (χ3v) is 12.8. The predicted molar refractivity (Wildman–Crippen MR) is 170 cm³/mol. The second-order valence-electron chi connectivity index (χ2n) is 11.3. The Morgan fingerprint density at radius 1 is 0.512 bits per heavy atom. The predicted octanol–water partition coefficient (Wildman–Crippen LogP) is 7.11. The molecule has 7 heteroatoms. The molecule has 0 amide bonds. The summed E-state index contributed by atoms with van der Waals surface area (Å²) >= 11 is 6.42. The number of carbonyl (C=O) groups is 2. The van der Waals surface area contributed by atoms with Crippen molar-refractivity contribution in [1.82, 2.24) is 0 Å². The molecular formula is C34H29ClO4Si2. The van der Waals surface area contributed by atoms with Crippen LogP contribution in [0.15, 0.2) is 114 Å². The van der Waals surface area contributed by atoms with E-state index in [4.69, 9.17) is 20.5 Å². The van der Waals surface area contributed by atoms with Gasteiger partial charge in [0.1, 0.15) is 11.5 Å². The molecule has 204 valence electrons. The molecule has 2 aliphatic carbocycles. The molecule has 0 atom stereocenters. The number of fused-ring (bicyclic) bond motifs is 3. The van der Waals surface area contributed by atoms with Gasteiger partial charge in [-0.25, -0.2) is 0 Å². The third-order valence-electron chi connectivity index (χ3n) is 7.70. The lowest BCUT2D eigenvalue weighted by Gasteiger charge is -2.36. The summed E-state index contributed by atoms with van der Waals surface area (Å²) in [6.07, 6.45) is 0. The van der Waals surface area contributed by atoms with Gasteiger partial charge in [-0.05, 0) is 54.8 Å². The molecule has 0 heterocycles. The van der Waals surface area contributed by atoms with Crippen LogP contribution >= 0.6 is 11.6 Å². The highest BCUT2D eigenvalue weighted by Gasteiger charge is 2.45. The summed E-state index contributed by atoms with van der Waals surface area (Å²) in [6.45, 7) is 8.38. The summed E-state index contributed by atoms with van der Waals surface area (Å²) < 4.78 is 13.8. The Morgan fingerprint density at radius 3 is 1.44 bits per heavy atom. The van der Waals surface area contributed by atoms with Crippen LogP contribution in [-0.2, 0) is 8.85 Å². The van der Waals surface area contributed by atoms with Crippen molar-refractivity contribution < 1.29 is 18.4 Å². The van der Waals surface area contributed by atoms with E-state index in [0.29, 0.717) is 38.8 Å². The average Bonchev–Trinajstić information content (AvgIpc) is 2.97. The lowest BCUT2D eigenvalue weighted by molar-refractivity contribution is 0.0988. The van der Waals surface area contributed by atoms with E-state index in [1.807, 2.05) is 78.9 Å². The summed E-state index contributed by atoms with van der Waals surface area (Å²) in [5, 5.41) is 2.58. The normalized spacial score (nSPS) is 14.9. The molecule has 0 aromatic heterocycles. The standard InChI is InChI=1S/C34H29ClO4Si2/c1-40(2,23-13-7-5-8-14-23)38-33-26-18-12-11-17-25(26)31(36)29-30(33)32(37)28-21-22(35)19-20-27(28)34(29)39-41(3,4)24-15-9-6-10-16-24/h5-21H,1-4H3. The van der Waals surface area contributed by atoms with Crippen molar-refractivity contribution in [1.29, 1.82) is 0 Å². The average molecular weight is 593 g/mol. The topological polar surface area (TPSA) is 52.6 Å². The fourth-order valence-corrected chi connectivity index (χ4v) is 9.34. The highest BCUT2D eigenvalue weighted by atomic mass is 35.5. The van der Waals surface area contributed by atoms with Crippen LogP contribution in [0.1, 0.15) is 31.8 Å². The van der Waals surface area contributed by atoms with E-state index in [9.17, 15) is 9.59 Å². The Balaban J connectivity index is 1.64.